The highest BCUT2D eigenvalue weighted by atomic mass is 16.5. The van der Waals surface area contributed by atoms with E-state index in [-0.39, 0.29) is 12.7 Å². The summed E-state index contributed by atoms with van der Waals surface area (Å²) in [5, 5.41) is 9.35. The first-order valence-corrected chi connectivity index (χ1v) is 6.67. The lowest BCUT2D eigenvalue weighted by atomic mass is 9.81. The number of aliphatic hydroxyl groups excluding tert-OH is 1. The lowest BCUT2D eigenvalue weighted by Gasteiger charge is -2.36. The molecule has 0 aliphatic heterocycles. The number of rotatable bonds is 3. The van der Waals surface area contributed by atoms with Crippen molar-refractivity contribution in [2.75, 3.05) is 6.61 Å². The number of hydrogen-bond acceptors (Lipinski definition) is 3. The molecule has 1 aromatic rings. The Kier molecular flexibility index (Phi) is 3.93. The topological polar surface area (TPSA) is 55.5 Å². The Morgan fingerprint density at radius 3 is 2.94 bits per heavy atom. The van der Waals surface area contributed by atoms with Gasteiger partial charge < -0.3 is 15.6 Å². The van der Waals surface area contributed by atoms with Crippen molar-refractivity contribution in [2.45, 2.75) is 51.2 Å². The minimum absolute atomic E-state index is 0.0413. The van der Waals surface area contributed by atoms with Crippen molar-refractivity contribution in [2.24, 2.45) is 5.73 Å². The van der Waals surface area contributed by atoms with Gasteiger partial charge in [0.1, 0.15) is 11.9 Å². The molecule has 3 heteroatoms. The minimum atomic E-state index is -0.458. The van der Waals surface area contributed by atoms with E-state index in [1.54, 1.807) is 0 Å². The highest BCUT2D eigenvalue weighted by Crippen LogP contribution is 2.30. The first-order valence-electron chi connectivity index (χ1n) is 6.67. The Morgan fingerprint density at radius 1 is 1.44 bits per heavy atom. The molecule has 18 heavy (non-hydrogen) atoms. The number of aliphatic hydroxyl groups is 1. The fourth-order valence-electron chi connectivity index (χ4n) is 2.61. The third kappa shape index (κ3) is 2.85. The second-order valence-electron chi connectivity index (χ2n) is 5.55. The minimum Gasteiger partial charge on any atom is -0.490 e. The summed E-state index contributed by atoms with van der Waals surface area (Å²) in [6.45, 7) is 4.21. The van der Waals surface area contributed by atoms with Crippen LogP contribution in [0.15, 0.2) is 18.2 Å². The maximum atomic E-state index is 9.35. The normalized spacial score (nSPS) is 28.1. The van der Waals surface area contributed by atoms with E-state index in [2.05, 4.69) is 19.9 Å². The van der Waals surface area contributed by atoms with Gasteiger partial charge in [-0.15, -0.1) is 0 Å². The number of aryl methyl sites for hydroxylation is 1. The van der Waals surface area contributed by atoms with Crippen LogP contribution in [0.1, 0.15) is 36.8 Å². The smallest absolute Gasteiger partial charge is 0.122 e. The first kappa shape index (κ1) is 13.4. The van der Waals surface area contributed by atoms with Crippen molar-refractivity contribution in [1.82, 2.24) is 0 Å². The molecular weight excluding hydrogens is 226 g/mol. The Balaban J connectivity index is 2.07. The average Bonchev–Trinajstić information content (AvgIpc) is 2.35. The summed E-state index contributed by atoms with van der Waals surface area (Å²) >= 11 is 0. The van der Waals surface area contributed by atoms with Crippen LogP contribution in [0.25, 0.3) is 0 Å². The van der Waals surface area contributed by atoms with E-state index in [0.29, 0.717) is 0 Å². The summed E-state index contributed by atoms with van der Waals surface area (Å²) in [7, 11) is 0. The number of ether oxygens (including phenoxy) is 1. The van der Waals surface area contributed by atoms with Crippen molar-refractivity contribution in [3.8, 4) is 5.75 Å². The molecule has 0 amide bonds. The second-order valence-corrected chi connectivity index (χ2v) is 5.55. The molecule has 2 unspecified atom stereocenters. The van der Waals surface area contributed by atoms with Crippen LogP contribution in [0.5, 0.6) is 5.75 Å². The molecule has 0 radical (unpaired) electrons. The summed E-state index contributed by atoms with van der Waals surface area (Å²) in [6.07, 6.45) is 3.78. The standard InChI is InChI=1S/C15H23NO2/c1-11-5-3-7-14(12(11)2)18-13-6-4-8-15(16,9-13)10-17/h3,5,7,13,17H,4,6,8-10,16H2,1-2H3. The maximum absolute atomic E-state index is 9.35. The van der Waals surface area contributed by atoms with Gasteiger partial charge in [-0.1, -0.05) is 12.1 Å². The molecule has 0 heterocycles. The van der Waals surface area contributed by atoms with Crippen molar-refractivity contribution in [3.05, 3.63) is 29.3 Å². The Hall–Kier alpha value is -1.06. The van der Waals surface area contributed by atoms with Crippen LogP contribution in [0.4, 0.5) is 0 Å². The molecule has 1 aliphatic carbocycles. The van der Waals surface area contributed by atoms with Crippen molar-refractivity contribution < 1.29 is 9.84 Å². The van der Waals surface area contributed by atoms with Gasteiger partial charge in [-0.25, -0.2) is 0 Å². The molecule has 1 saturated carbocycles. The van der Waals surface area contributed by atoms with Gasteiger partial charge >= 0.3 is 0 Å². The molecular formula is C15H23NO2. The van der Waals surface area contributed by atoms with Crippen LogP contribution in [0, 0.1) is 13.8 Å². The van der Waals surface area contributed by atoms with Crippen LogP contribution in [0.2, 0.25) is 0 Å². The molecule has 1 aliphatic rings. The van der Waals surface area contributed by atoms with Gasteiger partial charge in [-0.05, 0) is 50.3 Å². The zero-order valence-electron chi connectivity index (χ0n) is 11.3. The zero-order chi connectivity index (χ0) is 13.2. The van der Waals surface area contributed by atoms with Gasteiger partial charge in [0, 0.05) is 12.0 Å². The summed E-state index contributed by atoms with van der Waals surface area (Å²) in [5.41, 5.74) is 8.11. The molecule has 2 rings (SSSR count). The molecule has 0 aromatic heterocycles. The molecule has 2 atom stereocenters. The third-order valence-corrected chi connectivity index (χ3v) is 4.00. The largest absolute Gasteiger partial charge is 0.490 e. The molecule has 0 spiro atoms. The van der Waals surface area contributed by atoms with Gasteiger partial charge in [0.15, 0.2) is 0 Å². The predicted octanol–water partition coefficient (Wildman–Crippen LogP) is 2.31. The molecule has 0 saturated heterocycles. The second kappa shape index (κ2) is 5.29. The predicted molar refractivity (Wildman–Crippen MR) is 72.8 cm³/mol. The van der Waals surface area contributed by atoms with Gasteiger partial charge in [0.05, 0.1) is 6.61 Å². The third-order valence-electron chi connectivity index (χ3n) is 4.00. The summed E-state index contributed by atoms with van der Waals surface area (Å²) in [6, 6.07) is 6.11. The van der Waals surface area contributed by atoms with Gasteiger partial charge in [-0.2, -0.15) is 0 Å². The molecule has 1 aromatic carbocycles. The highest BCUT2D eigenvalue weighted by molar-refractivity contribution is 5.38. The van der Waals surface area contributed by atoms with E-state index in [1.165, 1.54) is 11.1 Å². The Labute approximate surface area is 109 Å². The lowest BCUT2D eigenvalue weighted by Crippen LogP contribution is -2.50. The van der Waals surface area contributed by atoms with Crippen LogP contribution in [-0.4, -0.2) is 23.4 Å². The van der Waals surface area contributed by atoms with E-state index >= 15 is 0 Å². The van der Waals surface area contributed by atoms with Gasteiger partial charge in [0.2, 0.25) is 0 Å². The van der Waals surface area contributed by atoms with Gasteiger partial charge in [0.25, 0.3) is 0 Å². The molecule has 100 valence electrons. The van der Waals surface area contributed by atoms with Crippen molar-refractivity contribution in [3.63, 3.8) is 0 Å². The van der Waals surface area contributed by atoms with E-state index in [1.807, 2.05) is 12.1 Å². The fourth-order valence-corrected chi connectivity index (χ4v) is 2.61. The van der Waals surface area contributed by atoms with E-state index in [0.717, 1.165) is 31.4 Å². The molecule has 3 nitrogen and oxygen atoms in total. The Bertz CT molecular complexity index is 419. The number of benzene rings is 1. The van der Waals surface area contributed by atoms with Crippen LogP contribution >= 0.6 is 0 Å². The maximum Gasteiger partial charge on any atom is 0.122 e. The molecule has 1 fully saturated rings. The van der Waals surface area contributed by atoms with Crippen LogP contribution in [-0.2, 0) is 0 Å². The lowest BCUT2D eigenvalue weighted by molar-refractivity contribution is 0.0724. The summed E-state index contributed by atoms with van der Waals surface area (Å²) in [4.78, 5) is 0. The zero-order valence-corrected chi connectivity index (χ0v) is 11.3. The highest BCUT2D eigenvalue weighted by Gasteiger charge is 2.33. The number of nitrogens with two attached hydrogens (primary N) is 1. The van der Waals surface area contributed by atoms with E-state index < -0.39 is 5.54 Å². The van der Waals surface area contributed by atoms with Crippen LogP contribution < -0.4 is 10.5 Å². The Morgan fingerprint density at radius 2 is 2.22 bits per heavy atom. The van der Waals surface area contributed by atoms with Crippen LogP contribution in [0.3, 0.4) is 0 Å². The summed E-state index contributed by atoms with van der Waals surface area (Å²) in [5.74, 6) is 0.946. The van der Waals surface area contributed by atoms with Crippen molar-refractivity contribution >= 4 is 0 Å². The van der Waals surface area contributed by atoms with E-state index in [4.69, 9.17) is 10.5 Å². The first-order chi connectivity index (χ1) is 8.54. The monoisotopic (exact) mass is 249 g/mol. The van der Waals surface area contributed by atoms with Gasteiger partial charge in [-0.3, -0.25) is 0 Å². The fraction of sp³-hybridized carbons (Fsp3) is 0.600. The molecule has 3 N–H and O–H groups in total. The number of hydrogen-bond donors (Lipinski definition) is 2. The average molecular weight is 249 g/mol. The van der Waals surface area contributed by atoms with Crippen molar-refractivity contribution in [1.29, 1.82) is 0 Å². The quantitative estimate of drug-likeness (QED) is 0.864. The van der Waals surface area contributed by atoms with E-state index in [9.17, 15) is 5.11 Å². The summed E-state index contributed by atoms with van der Waals surface area (Å²) < 4.78 is 6.07. The molecule has 0 bridgehead atoms. The SMILES string of the molecule is Cc1cccc(OC2CCCC(N)(CO)C2)c1C.